The Morgan fingerprint density at radius 2 is 1.52 bits per heavy atom. The molecule has 0 N–H and O–H groups in total. The number of sulfone groups is 2. The third kappa shape index (κ3) is 5.51. The molecular formula is C17H18N2O7S3. The first-order valence-electron chi connectivity index (χ1n) is 8.32. The molecule has 2 aromatic carbocycles. The van der Waals surface area contributed by atoms with E-state index in [1.807, 2.05) is 6.92 Å². The zero-order chi connectivity index (χ0) is 21.7. The maximum atomic E-state index is 13.0. The Balaban J connectivity index is 2.46. The number of nitrogens with zero attached hydrogens (tertiary/aromatic N) is 2. The molecule has 12 heteroatoms. The second-order valence-corrected chi connectivity index (χ2v) is 11.3. The van der Waals surface area contributed by atoms with E-state index in [1.165, 1.54) is 24.3 Å². The van der Waals surface area contributed by atoms with Crippen molar-refractivity contribution in [1.29, 1.82) is 0 Å². The van der Waals surface area contributed by atoms with Crippen LogP contribution in [0.1, 0.15) is 19.8 Å². The van der Waals surface area contributed by atoms with Crippen LogP contribution in [0.2, 0.25) is 0 Å². The molecule has 0 aromatic heterocycles. The molecule has 0 heterocycles. The standard InChI is InChI=1S/C17H18N2O7S3/c1-2-3-12-28(22,23)26-16-6-4-5-7-17(16)29(24,25)15-10-8-14(9-11-15)27(20,21)13-19-18/h4-11,13H,2-3,12H2,1H3. The summed E-state index contributed by atoms with van der Waals surface area (Å²) in [6.45, 7) is 1.81. The Hall–Kier alpha value is -2.53. The van der Waals surface area contributed by atoms with Gasteiger partial charge < -0.3 is 9.71 Å². The Morgan fingerprint density at radius 1 is 0.931 bits per heavy atom. The Bertz CT molecular complexity index is 1240. The normalized spacial score (nSPS) is 12.2. The monoisotopic (exact) mass is 458 g/mol. The molecule has 0 spiro atoms. The van der Waals surface area contributed by atoms with E-state index >= 15 is 0 Å². The van der Waals surface area contributed by atoms with Gasteiger partial charge in [0.25, 0.3) is 9.84 Å². The van der Waals surface area contributed by atoms with E-state index in [4.69, 9.17) is 9.71 Å². The lowest BCUT2D eigenvalue weighted by molar-refractivity contribution is 0.00753. The molecule has 0 amide bonds. The van der Waals surface area contributed by atoms with E-state index in [1.54, 1.807) is 0 Å². The molecule has 0 unspecified atom stereocenters. The van der Waals surface area contributed by atoms with E-state index in [-0.39, 0.29) is 26.2 Å². The molecular weight excluding hydrogens is 440 g/mol. The molecule has 0 bridgehead atoms. The van der Waals surface area contributed by atoms with Crippen molar-refractivity contribution in [2.24, 2.45) is 0 Å². The highest BCUT2D eigenvalue weighted by Crippen LogP contribution is 2.31. The molecule has 156 valence electrons. The Morgan fingerprint density at radius 3 is 2.10 bits per heavy atom. The maximum absolute atomic E-state index is 13.0. The van der Waals surface area contributed by atoms with Gasteiger partial charge in [0.1, 0.15) is 4.90 Å². The van der Waals surface area contributed by atoms with Crippen LogP contribution in [0, 0.1) is 0 Å². The summed E-state index contributed by atoms with van der Waals surface area (Å²) in [5.74, 6) is -0.593. The third-order valence-corrected chi connectivity index (χ3v) is 8.08. The average Bonchev–Trinajstić information content (AvgIpc) is 2.66. The zero-order valence-corrected chi connectivity index (χ0v) is 17.7. The predicted octanol–water partition coefficient (Wildman–Crippen LogP) is 2.06. The average molecular weight is 459 g/mol. The topological polar surface area (TPSA) is 148 Å². The Kier molecular flexibility index (Phi) is 6.96. The minimum Gasteiger partial charge on any atom is -0.381 e. The number of para-hydroxylation sites is 1. The van der Waals surface area contributed by atoms with Gasteiger partial charge in [-0.15, -0.1) is 0 Å². The molecule has 29 heavy (non-hydrogen) atoms. The van der Waals surface area contributed by atoms with Gasteiger partial charge in [0.15, 0.2) is 5.75 Å². The van der Waals surface area contributed by atoms with E-state index in [0.717, 1.165) is 24.3 Å². The largest absolute Gasteiger partial charge is 0.381 e. The van der Waals surface area contributed by atoms with Crippen molar-refractivity contribution in [2.75, 3.05) is 5.75 Å². The van der Waals surface area contributed by atoms with Crippen molar-refractivity contribution < 1.29 is 34.2 Å². The lowest BCUT2D eigenvalue weighted by Gasteiger charge is -2.12. The Labute approximate surface area is 169 Å². The SMILES string of the molecule is CCCCS(=O)(=O)Oc1ccccc1S(=O)(=O)c1ccc(S(=O)(=O)C=[N+]=[N-])cc1. The van der Waals surface area contributed by atoms with E-state index < -0.39 is 29.8 Å². The summed E-state index contributed by atoms with van der Waals surface area (Å²) in [7, 11) is -12.2. The van der Waals surface area contributed by atoms with Gasteiger partial charge in [-0.25, -0.2) is 16.8 Å². The van der Waals surface area contributed by atoms with Crippen LogP contribution >= 0.6 is 0 Å². The van der Waals surface area contributed by atoms with Crippen LogP contribution in [-0.2, 0) is 29.8 Å². The fourth-order valence-corrected chi connectivity index (χ4v) is 5.64. The van der Waals surface area contributed by atoms with Gasteiger partial charge in [-0.05, 0) is 42.8 Å². The molecule has 2 rings (SSSR count). The molecule has 0 saturated heterocycles. The number of unbranched alkanes of at least 4 members (excludes halogenated alkanes) is 1. The van der Waals surface area contributed by atoms with Gasteiger partial charge >= 0.3 is 15.7 Å². The molecule has 0 radical (unpaired) electrons. The van der Waals surface area contributed by atoms with Gasteiger partial charge in [0.2, 0.25) is 9.84 Å². The molecule has 0 atom stereocenters. The van der Waals surface area contributed by atoms with Crippen LogP contribution in [0.5, 0.6) is 5.75 Å². The first kappa shape index (κ1) is 22.8. The van der Waals surface area contributed by atoms with Gasteiger partial charge in [-0.3, -0.25) is 0 Å². The fraction of sp³-hybridized carbons (Fsp3) is 0.235. The summed E-state index contributed by atoms with van der Waals surface area (Å²) >= 11 is 0. The summed E-state index contributed by atoms with van der Waals surface area (Å²) < 4.78 is 78.7. The van der Waals surface area contributed by atoms with Crippen molar-refractivity contribution in [3.05, 3.63) is 54.1 Å². The van der Waals surface area contributed by atoms with E-state index in [0.29, 0.717) is 18.4 Å². The third-order valence-electron chi connectivity index (χ3n) is 3.75. The van der Waals surface area contributed by atoms with Crippen LogP contribution in [0.3, 0.4) is 0 Å². The van der Waals surface area contributed by atoms with Crippen molar-refractivity contribution in [3.8, 4) is 5.75 Å². The first-order chi connectivity index (χ1) is 13.5. The molecule has 9 nitrogen and oxygen atoms in total. The number of benzene rings is 2. The minimum atomic E-state index is -4.20. The second kappa shape index (κ2) is 8.87. The molecule has 2 aromatic rings. The lowest BCUT2D eigenvalue weighted by atomic mass is 10.3. The number of rotatable bonds is 9. The first-order valence-corrected chi connectivity index (χ1v) is 12.9. The van der Waals surface area contributed by atoms with Crippen LogP contribution in [0.25, 0.3) is 5.53 Å². The van der Waals surface area contributed by atoms with Crippen LogP contribution in [-0.4, -0.2) is 41.3 Å². The lowest BCUT2D eigenvalue weighted by Crippen LogP contribution is -2.15. The predicted molar refractivity (Wildman–Crippen MR) is 105 cm³/mol. The molecule has 0 saturated carbocycles. The van der Waals surface area contributed by atoms with E-state index in [2.05, 4.69) is 4.79 Å². The highest BCUT2D eigenvalue weighted by atomic mass is 32.2. The molecule has 0 aliphatic carbocycles. The van der Waals surface area contributed by atoms with Gasteiger partial charge in [-0.1, -0.05) is 25.5 Å². The van der Waals surface area contributed by atoms with Crippen LogP contribution < -0.4 is 4.18 Å². The van der Waals surface area contributed by atoms with Crippen LogP contribution in [0.15, 0.2) is 63.2 Å². The number of hydrogen-bond donors (Lipinski definition) is 0. The van der Waals surface area contributed by atoms with Crippen molar-refractivity contribution in [1.82, 2.24) is 0 Å². The second-order valence-electron chi connectivity index (χ2n) is 5.89. The van der Waals surface area contributed by atoms with Gasteiger partial charge in [0.05, 0.1) is 15.5 Å². The van der Waals surface area contributed by atoms with Crippen molar-refractivity contribution in [3.63, 3.8) is 0 Å². The molecule has 0 fully saturated rings. The highest BCUT2D eigenvalue weighted by Gasteiger charge is 2.26. The minimum absolute atomic E-state index is 0.253. The summed E-state index contributed by atoms with van der Waals surface area (Å²) in [6.07, 6.45) is 0.989. The summed E-state index contributed by atoms with van der Waals surface area (Å²) in [6, 6.07) is 9.45. The van der Waals surface area contributed by atoms with Crippen LogP contribution in [0.4, 0.5) is 0 Å². The fourth-order valence-electron chi connectivity index (χ4n) is 2.30. The summed E-state index contributed by atoms with van der Waals surface area (Å²) in [5, 5.41) is 0. The van der Waals surface area contributed by atoms with Gasteiger partial charge in [0, 0.05) is 0 Å². The van der Waals surface area contributed by atoms with Gasteiger partial charge in [-0.2, -0.15) is 13.2 Å². The quantitative estimate of drug-likeness (QED) is 0.184. The van der Waals surface area contributed by atoms with E-state index in [9.17, 15) is 25.3 Å². The molecule has 0 aliphatic heterocycles. The highest BCUT2D eigenvalue weighted by molar-refractivity contribution is 8.04. The van der Waals surface area contributed by atoms with Crippen molar-refractivity contribution in [2.45, 2.75) is 34.5 Å². The maximum Gasteiger partial charge on any atom is 0.374 e. The zero-order valence-electron chi connectivity index (χ0n) is 15.3. The summed E-state index contributed by atoms with van der Waals surface area (Å²) in [5.41, 5.74) is 8.72. The molecule has 0 aliphatic rings. The summed E-state index contributed by atoms with van der Waals surface area (Å²) in [4.78, 5) is 1.56. The number of hydrogen-bond acceptors (Lipinski definition) is 7. The van der Waals surface area contributed by atoms with Crippen molar-refractivity contribution >= 4 is 35.3 Å². The smallest absolute Gasteiger partial charge is 0.374 e.